The Labute approximate surface area is 102 Å². The molecule has 1 aromatic carbocycles. The highest BCUT2D eigenvalue weighted by atomic mass is 16.1. The average molecular weight is 239 g/mol. The maximum absolute atomic E-state index is 11.3. The predicted octanol–water partition coefficient (Wildman–Crippen LogP) is 0.962. The number of nitrogens with two attached hydrogens (primary N) is 1. The molecule has 0 bridgehead atoms. The monoisotopic (exact) mass is 239 g/mol. The minimum absolute atomic E-state index is 0.188. The fraction of sp³-hybridized carbons (Fsp3) is 0. The zero-order chi connectivity index (χ0) is 12.5. The van der Waals surface area contributed by atoms with Gasteiger partial charge in [-0.2, -0.15) is 0 Å². The van der Waals surface area contributed by atoms with Crippen LogP contribution in [0.15, 0.2) is 41.5 Å². The van der Waals surface area contributed by atoms with Crippen LogP contribution < -0.4 is 11.3 Å². The number of aromatic amines is 1. The van der Waals surface area contributed by atoms with Crippen molar-refractivity contribution < 1.29 is 0 Å². The van der Waals surface area contributed by atoms with Gasteiger partial charge in [0.15, 0.2) is 0 Å². The van der Waals surface area contributed by atoms with E-state index in [1.165, 1.54) is 6.07 Å². The molecule has 2 heterocycles. The normalized spacial score (nSPS) is 10.7. The Hall–Kier alpha value is -2.76. The van der Waals surface area contributed by atoms with Crippen molar-refractivity contribution in [3.05, 3.63) is 47.0 Å². The molecule has 0 fully saturated rings. The molecule has 0 amide bonds. The lowest BCUT2D eigenvalue weighted by atomic mass is 10.2. The third-order valence-corrected chi connectivity index (χ3v) is 2.50. The molecule has 0 aliphatic rings. The molecule has 2 aromatic heterocycles. The zero-order valence-electron chi connectivity index (χ0n) is 9.29. The molecule has 0 saturated carbocycles. The number of aromatic nitrogens is 4. The van der Waals surface area contributed by atoms with Gasteiger partial charge in [0.25, 0.3) is 5.56 Å². The van der Waals surface area contributed by atoms with Crippen LogP contribution in [0.1, 0.15) is 0 Å². The number of H-pyrrole nitrogens is 1. The molecule has 0 unspecified atom stereocenters. The molecule has 0 spiro atoms. The summed E-state index contributed by atoms with van der Waals surface area (Å²) in [5, 5.41) is 0. The second-order valence-corrected chi connectivity index (χ2v) is 3.78. The molecule has 0 saturated heterocycles. The van der Waals surface area contributed by atoms with Crippen LogP contribution in [0, 0.1) is 0 Å². The van der Waals surface area contributed by atoms with E-state index in [0.29, 0.717) is 5.82 Å². The fourth-order valence-electron chi connectivity index (χ4n) is 1.72. The van der Waals surface area contributed by atoms with Crippen LogP contribution in [0.3, 0.4) is 0 Å². The maximum Gasteiger partial charge on any atom is 0.253 e. The first-order chi connectivity index (χ1) is 8.72. The van der Waals surface area contributed by atoms with Crippen LogP contribution in [-0.2, 0) is 0 Å². The van der Waals surface area contributed by atoms with Crippen molar-refractivity contribution in [2.75, 3.05) is 5.73 Å². The van der Waals surface area contributed by atoms with Crippen LogP contribution >= 0.6 is 0 Å². The molecular weight excluding hydrogens is 230 g/mol. The third-order valence-electron chi connectivity index (χ3n) is 2.50. The number of nitrogens with one attached hydrogen (secondary N) is 1. The molecule has 18 heavy (non-hydrogen) atoms. The molecular formula is C12H9N5O. The SMILES string of the molecule is Nc1cc(=O)[nH]c(-c2ccc3nccnc3c2)n1. The van der Waals surface area contributed by atoms with Crippen molar-refractivity contribution in [2.24, 2.45) is 0 Å². The maximum atomic E-state index is 11.3. The molecule has 0 radical (unpaired) electrons. The van der Waals surface area contributed by atoms with E-state index in [-0.39, 0.29) is 11.4 Å². The third kappa shape index (κ3) is 1.80. The zero-order valence-corrected chi connectivity index (χ0v) is 9.29. The standard InChI is InChI=1S/C12H9N5O/c13-10-6-11(18)17-12(16-10)7-1-2-8-9(5-7)15-4-3-14-8/h1-6H,(H3,13,16,17,18). The van der Waals surface area contributed by atoms with E-state index in [1.54, 1.807) is 18.5 Å². The second kappa shape index (κ2) is 3.92. The Balaban J connectivity index is 2.22. The summed E-state index contributed by atoms with van der Waals surface area (Å²) in [4.78, 5) is 26.4. The average Bonchev–Trinajstić information content (AvgIpc) is 2.37. The molecule has 6 heteroatoms. The molecule has 0 atom stereocenters. The number of anilines is 1. The molecule has 3 aromatic rings. The molecule has 0 aliphatic carbocycles. The lowest BCUT2D eigenvalue weighted by molar-refractivity contribution is 1.14. The molecule has 0 aliphatic heterocycles. The largest absolute Gasteiger partial charge is 0.383 e. The lowest BCUT2D eigenvalue weighted by Gasteiger charge is -2.02. The number of benzene rings is 1. The van der Waals surface area contributed by atoms with Gasteiger partial charge in [-0.3, -0.25) is 14.8 Å². The van der Waals surface area contributed by atoms with Gasteiger partial charge in [0.2, 0.25) is 0 Å². The number of hydrogen-bond donors (Lipinski definition) is 2. The van der Waals surface area contributed by atoms with E-state index < -0.39 is 0 Å². The van der Waals surface area contributed by atoms with Gasteiger partial charge >= 0.3 is 0 Å². The lowest BCUT2D eigenvalue weighted by Crippen LogP contribution is -2.09. The Morgan fingerprint density at radius 3 is 2.61 bits per heavy atom. The molecule has 3 N–H and O–H groups in total. The summed E-state index contributed by atoms with van der Waals surface area (Å²) in [6.07, 6.45) is 3.24. The van der Waals surface area contributed by atoms with Crippen molar-refractivity contribution in [1.82, 2.24) is 19.9 Å². The molecule has 6 nitrogen and oxygen atoms in total. The van der Waals surface area contributed by atoms with E-state index in [2.05, 4.69) is 19.9 Å². The van der Waals surface area contributed by atoms with E-state index in [0.717, 1.165) is 16.6 Å². The topological polar surface area (TPSA) is 97.6 Å². The van der Waals surface area contributed by atoms with Gasteiger partial charge in [-0.15, -0.1) is 0 Å². The van der Waals surface area contributed by atoms with Gasteiger partial charge in [-0.1, -0.05) is 0 Å². The van der Waals surface area contributed by atoms with Crippen LogP contribution in [0.5, 0.6) is 0 Å². The van der Waals surface area contributed by atoms with Crippen molar-refractivity contribution >= 4 is 16.9 Å². The fourth-order valence-corrected chi connectivity index (χ4v) is 1.72. The minimum Gasteiger partial charge on any atom is -0.383 e. The highest BCUT2D eigenvalue weighted by molar-refractivity contribution is 5.79. The highest BCUT2D eigenvalue weighted by Crippen LogP contribution is 2.18. The summed E-state index contributed by atoms with van der Waals surface area (Å²) < 4.78 is 0. The summed E-state index contributed by atoms with van der Waals surface area (Å²) >= 11 is 0. The summed E-state index contributed by atoms with van der Waals surface area (Å²) in [5.41, 5.74) is 7.53. The van der Waals surface area contributed by atoms with Gasteiger partial charge in [-0.25, -0.2) is 4.98 Å². The second-order valence-electron chi connectivity index (χ2n) is 3.78. The Morgan fingerprint density at radius 1 is 1.06 bits per heavy atom. The van der Waals surface area contributed by atoms with Crippen molar-refractivity contribution in [3.63, 3.8) is 0 Å². The number of nitrogens with zero attached hydrogens (tertiary/aromatic N) is 3. The van der Waals surface area contributed by atoms with E-state index in [4.69, 9.17) is 5.73 Å². The summed E-state index contributed by atoms with van der Waals surface area (Å²) in [6.45, 7) is 0. The van der Waals surface area contributed by atoms with Gasteiger partial charge < -0.3 is 10.7 Å². The van der Waals surface area contributed by atoms with Gasteiger partial charge in [0, 0.05) is 24.0 Å². The molecule has 88 valence electrons. The Morgan fingerprint density at radius 2 is 1.83 bits per heavy atom. The smallest absolute Gasteiger partial charge is 0.253 e. The first kappa shape index (κ1) is 10.4. The number of fused-ring (bicyclic) bond motifs is 1. The van der Waals surface area contributed by atoms with E-state index in [1.807, 2.05) is 12.1 Å². The van der Waals surface area contributed by atoms with Crippen LogP contribution in [0.25, 0.3) is 22.4 Å². The van der Waals surface area contributed by atoms with Crippen LogP contribution in [0.2, 0.25) is 0 Å². The summed E-state index contributed by atoms with van der Waals surface area (Å²) in [6, 6.07) is 6.68. The van der Waals surface area contributed by atoms with E-state index >= 15 is 0 Å². The van der Waals surface area contributed by atoms with Crippen molar-refractivity contribution in [1.29, 1.82) is 0 Å². The van der Waals surface area contributed by atoms with Gasteiger partial charge in [0.1, 0.15) is 11.6 Å². The Kier molecular flexibility index (Phi) is 2.26. The van der Waals surface area contributed by atoms with E-state index in [9.17, 15) is 4.79 Å². The Bertz CT molecular complexity index is 781. The molecule has 3 rings (SSSR count). The van der Waals surface area contributed by atoms with Crippen molar-refractivity contribution in [2.45, 2.75) is 0 Å². The van der Waals surface area contributed by atoms with Crippen molar-refractivity contribution in [3.8, 4) is 11.4 Å². The summed E-state index contributed by atoms with van der Waals surface area (Å²) in [5.74, 6) is 0.612. The van der Waals surface area contributed by atoms with Crippen LogP contribution in [-0.4, -0.2) is 19.9 Å². The number of nitrogen functional groups attached to an aromatic ring is 1. The van der Waals surface area contributed by atoms with Gasteiger partial charge in [0.05, 0.1) is 11.0 Å². The minimum atomic E-state index is -0.281. The first-order valence-corrected chi connectivity index (χ1v) is 5.30. The highest BCUT2D eigenvalue weighted by Gasteiger charge is 2.04. The predicted molar refractivity (Wildman–Crippen MR) is 67.8 cm³/mol. The van der Waals surface area contributed by atoms with Gasteiger partial charge in [-0.05, 0) is 18.2 Å². The number of rotatable bonds is 1. The number of hydrogen-bond acceptors (Lipinski definition) is 5. The summed E-state index contributed by atoms with van der Waals surface area (Å²) in [7, 11) is 0. The first-order valence-electron chi connectivity index (χ1n) is 5.30. The van der Waals surface area contributed by atoms with Crippen LogP contribution in [0.4, 0.5) is 5.82 Å². The quantitative estimate of drug-likeness (QED) is 0.659.